The third-order valence-corrected chi connectivity index (χ3v) is 4.01. The van der Waals surface area contributed by atoms with E-state index in [0.29, 0.717) is 0 Å². The summed E-state index contributed by atoms with van der Waals surface area (Å²) in [6.45, 7) is 3.07. The molecule has 1 aliphatic rings. The van der Waals surface area contributed by atoms with Crippen LogP contribution in [0.4, 0.5) is 0 Å². The largest absolute Gasteiger partial charge is 0.390 e. The molecule has 88 valence electrons. The van der Waals surface area contributed by atoms with Crippen LogP contribution in [0.15, 0.2) is 29.4 Å². The van der Waals surface area contributed by atoms with Crippen LogP contribution in [-0.4, -0.2) is 20.4 Å². The second-order valence-corrected chi connectivity index (χ2v) is 5.28. The molecular formula is C13H14N2OS. The van der Waals surface area contributed by atoms with Crippen molar-refractivity contribution in [2.75, 3.05) is 5.75 Å². The van der Waals surface area contributed by atoms with Gasteiger partial charge in [0, 0.05) is 17.9 Å². The summed E-state index contributed by atoms with van der Waals surface area (Å²) in [4.78, 5) is 4.63. The maximum absolute atomic E-state index is 9.52. The van der Waals surface area contributed by atoms with Gasteiger partial charge in [-0.2, -0.15) is 0 Å². The van der Waals surface area contributed by atoms with E-state index >= 15 is 0 Å². The molecule has 0 bridgehead atoms. The highest BCUT2D eigenvalue weighted by atomic mass is 32.2. The van der Waals surface area contributed by atoms with Crippen molar-refractivity contribution >= 4 is 11.8 Å². The number of imidazole rings is 1. The van der Waals surface area contributed by atoms with Crippen LogP contribution in [0, 0.1) is 6.92 Å². The predicted octanol–water partition coefficient (Wildman–Crippen LogP) is 2.46. The molecule has 1 aromatic carbocycles. The van der Waals surface area contributed by atoms with Crippen molar-refractivity contribution in [1.29, 1.82) is 0 Å². The van der Waals surface area contributed by atoms with E-state index in [0.717, 1.165) is 34.4 Å². The Labute approximate surface area is 104 Å². The van der Waals surface area contributed by atoms with E-state index in [-0.39, 0.29) is 6.61 Å². The monoisotopic (exact) mass is 246 g/mol. The van der Waals surface area contributed by atoms with Crippen molar-refractivity contribution in [3.63, 3.8) is 0 Å². The molecule has 2 aromatic rings. The van der Waals surface area contributed by atoms with E-state index in [1.165, 1.54) is 5.56 Å². The zero-order valence-electron chi connectivity index (χ0n) is 9.68. The lowest BCUT2D eigenvalue weighted by atomic mass is 10.1. The van der Waals surface area contributed by atoms with Gasteiger partial charge in [-0.15, -0.1) is 0 Å². The molecule has 17 heavy (non-hydrogen) atoms. The van der Waals surface area contributed by atoms with Crippen molar-refractivity contribution in [2.24, 2.45) is 0 Å². The van der Waals surface area contributed by atoms with Crippen LogP contribution in [0.1, 0.15) is 11.3 Å². The van der Waals surface area contributed by atoms with E-state index < -0.39 is 0 Å². The molecule has 2 heterocycles. The van der Waals surface area contributed by atoms with Gasteiger partial charge in [0.1, 0.15) is 0 Å². The van der Waals surface area contributed by atoms with Crippen LogP contribution in [0.25, 0.3) is 11.3 Å². The smallest absolute Gasteiger partial charge is 0.168 e. The summed E-state index contributed by atoms with van der Waals surface area (Å²) in [5.41, 5.74) is 4.19. The Balaban J connectivity index is 2.11. The third-order valence-electron chi connectivity index (χ3n) is 3.06. The van der Waals surface area contributed by atoms with Gasteiger partial charge in [-0.1, -0.05) is 41.6 Å². The molecule has 0 spiro atoms. The maximum Gasteiger partial charge on any atom is 0.168 e. The molecule has 1 aliphatic heterocycles. The minimum absolute atomic E-state index is 0.0524. The number of hydrogen-bond acceptors (Lipinski definition) is 3. The van der Waals surface area contributed by atoms with Crippen molar-refractivity contribution < 1.29 is 5.11 Å². The fraction of sp³-hybridized carbons (Fsp3) is 0.308. The Bertz CT molecular complexity index is 545. The van der Waals surface area contributed by atoms with E-state index in [9.17, 15) is 5.11 Å². The Kier molecular flexibility index (Phi) is 2.68. The lowest BCUT2D eigenvalue weighted by molar-refractivity contribution is 0.271. The highest BCUT2D eigenvalue weighted by Gasteiger charge is 2.21. The number of aliphatic hydroxyl groups excluding tert-OH is 1. The first-order valence-corrected chi connectivity index (χ1v) is 6.68. The van der Waals surface area contributed by atoms with E-state index in [4.69, 9.17) is 0 Å². The second kappa shape index (κ2) is 4.20. The molecule has 0 saturated heterocycles. The number of nitrogens with zero attached hydrogens (tertiary/aromatic N) is 2. The average Bonchev–Trinajstić information content (AvgIpc) is 2.89. The first-order chi connectivity index (χ1) is 8.29. The molecule has 0 fully saturated rings. The van der Waals surface area contributed by atoms with Gasteiger partial charge in [0.2, 0.25) is 0 Å². The molecule has 3 nitrogen and oxygen atoms in total. The van der Waals surface area contributed by atoms with Crippen LogP contribution in [0.3, 0.4) is 0 Å². The molecule has 0 atom stereocenters. The first-order valence-electron chi connectivity index (χ1n) is 5.69. The summed E-state index contributed by atoms with van der Waals surface area (Å²) in [7, 11) is 0. The van der Waals surface area contributed by atoms with Gasteiger partial charge in [-0.3, -0.25) is 0 Å². The highest BCUT2D eigenvalue weighted by molar-refractivity contribution is 7.99. The van der Waals surface area contributed by atoms with Crippen LogP contribution in [0.2, 0.25) is 0 Å². The first kappa shape index (κ1) is 10.9. The Hall–Kier alpha value is -1.26. The molecule has 1 aromatic heterocycles. The van der Waals surface area contributed by atoms with E-state index in [1.807, 2.05) is 0 Å². The Morgan fingerprint density at radius 3 is 2.82 bits per heavy atom. The van der Waals surface area contributed by atoms with Gasteiger partial charge >= 0.3 is 0 Å². The molecule has 1 N–H and O–H groups in total. The van der Waals surface area contributed by atoms with Crippen LogP contribution in [-0.2, 0) is 13.2 Å². The normalized spacial score (nSPS) is 14.0. The van der Waals surface area contributed by atoms with Gasteiger partial charge in [-0.05, 0) is 6.92 Å². The minimum atomic E-state index is 0.0524. The molecular weight excluding hydrogens is 232 g/mol. The number of fused-ring (bicyclic) bond motifs is 1. The minimum Gasteiger partial charge on any atom is -0.390 e. The molecule has 3 rings (SSSR count). The number of aliphatic hydroxyl groups is 1. The standard InChI is InChI=1S/C13H14N2OS/c1-9-2-4-10(5-3-9)12-11(8-16)15-6-7-17-13(15)14-12/h2-5,16H,6-8H2,1H3. The number of aromatic nitrogens is 2. The van der Waals surface area contributed by atoms with Gasteiger partial charge in [0.05, 0.1) is 18.0 Å². The third kappa shape index (κ3) is 1.77. The molecule has 0 unspecified atom stereocenters. The fourth-order valence-corrected chi connectivity index (χ4v) is 3.11. The summed E-state index contributed by atoms with van der Waals surface area (Å²) in [6, 6.07) is 8.29. The summed E-state index contributed by atoms with van der Waals surface area (Å²) in [5.74, 6) is 1.06. The van der Waals surface area contributed by atoms with Crippen molar-refractivity contribution in [3.05, 3.63) is 35.5 Å². The van der Waals surface area contributed by atoms with Crippen molar-refractivity contribution in [1.82, 2.24) is 9.55 Å². The summed E-state index contributed by atoms with van der Waals surface area (Å²) >= 11 is 1.76. The number of hydrogen-bond donors (Lipinski definition) is 1. The number of benzene rings is 1. The van der Waals surface area contributed by atoms with Crippen molar-refractivity contribution in [3.8, 4) is 11.3 Å². The average molecular weight is 246 g/mol. The van der Waals surface area contributed by atoms with E-state index in [1.54, 1.807) is 11.8 Å². The highest BCUT2D eigenvalue weighted by Crippen LogP contribution is 2.33. The van der Waals surface area contributed by atoms with Gasteiger partial charge in [0.25, 0.3) is 0 Å². The Morgan fingerprint density at radius 2 is 2.12 bits per heavy atom. The maximum atomic E-state index is 9.52. The quantitative estimate of drug-likeness (QED) is 0.884. The summed E-state index contributed by atoms with van der Waals surface area (Å²) < 4.78 is 2.12. The number of thioether (sulfide) groups is 1. The zero-order chi connectivity index (χ0) is 11.8. The fourth-order valence-electron chi connectivity index (χ4n) is 2.14. The molecule has 0 amide bonds. The zero-order valence-corrected chi connectivity index (χ0v) is 10.5. The lowest BCUT2D eigenvalue weighted by Crippen LogP contribution is -2.01. The van der Waals surface area contributed by atoms with Gasteiger partial charge in [-0.25, -0.2) is 4.98 Å². The molecule has 0 radical (unpaired) electrons. The van der Waals surface area contributed by atoms with Gasteiger partial charge < -0.3 is 9.67 Å². The lowest BCUT2D eigenvalue weighted by Gasteiger charge is -2.04. The van der Waals surface area contributed by atoms with Crippen molar-refractivity contribution in [2.45, 2.75) is 25.2 Å². The molecule has 0 aliphatic carbocycles. The molecule has 0 saturated carbocycles. The SMILES string of the molecule is Cc1ccc(-c2nc3n(c2CO)CCS3)cc1. The van der Waals surface area contributed by atoms with Gasteiger partial charge in [0.15, 0.2) is 5.16 Å². The van der Waals surface area contributed by atoms with Crippen LogP contribution >= 0.6 is 11.8 Å². The molecule has 4 heteroatoms. The topological polar surface area (TPSA) is 38.0 Å². The predicted molar refractivity (Wildman–Crippen MR) is 69.0 cm³/mol. The Morgan fingerprint density at radius 1 is 1.35 bits per heavy atom. The second-order valence-electron chi connectivity index (χ2n) is 4.21. The van der Waals surface area contributed by atoms with Crippen LogP contribution in [0.5, 0.6) is 0 Å². The van der Waals surface area contributed by atoms with E-state index in [2.05, 4.69) is 40.7 Å². The summed E-state index contributed by atoms with van der Waals surface area (Å²) in [6.07, 6.45) is 0. The number of rotatable bonds is 2. The van der Waals surface area contributed by atoms with Crippen LogP contribution < -0.4 is 0 Å². The summed E-state index contributed by atoms with van der Waals surface area (Å²) in [5, 5.41) is 10.5. The number of aryl methyl sites for hydroxylation is 1.